The number of amides is 2. The highest BCUT2D eigenvalue weighted by Crippen LogP contribution is 2.32. The lowest BCUT2D eigenvalue weighted by atomic mass is 10.2. The van der Waals surface area contributed by atoms with Crippen LogP contribution in [0.1, 0.15) is 56.0 Å². The molecule has 1 aliphatic carbocycles. The van der Waals surface area contributed by atoms with E-state index in [0.29, 0.717) is 11.3 Å². The van der Waals surface area contributed by atoms with Crippen molar-refractivity contribution < 1.29 is 4.79 Å². The maximum absolute atomic E-state index is 12.4. The third kappa shape index (κ3) is 4.38. The first-order valence-electron chi connectivity index (χ1n) is 8.14. The molecule has 1 fully saturated rings. The van der Waals surface area contributed by atoms with E-state index in [-0.39, 0.29) is 12.1 Å². The molecule has 22 heavy (non-hydrogen) atoms. The highest BCUT2D eigenvalue weighted by Gasteiger charge is 2.30. The Bertz CT molecular complexity index is 491. The molecule has 1 saturated carbocycles. The monoisotopic (exact) mass is 341 g/mol. The Morgan fingerprint density at radius 3 is 2.95 bits per heavy atom. The van der Waals surface area contributed by atoms with Crippen molar-refractivity contribution in [3.8, 4) is 0 Å². The molecular weight excluding hydrogens is 314 g/mol. The van der Waals surface area contributed by atoms with Crippen LogP contribution in [0.25, 0.3) is 0 Å². The molecule has 0 aromatic carbocycles. The van der Waals surface area contributed by atoms with Gasteiger partial charge in [-0.1, -0.05) is 13.8 Å². The lowest BCUT2D eigenvalue weighted by Crippen LogP contribution is -2.43. The van der Waals surface area contributed by atoms with Gasteiger partial charge in [0.05, 0.1) is 6.04 Å². The number of urea groups is 1. The summed E-state index contributed by atoms with van der Waals surface area (Å²) in [4.78, 5) is 20.0. The summed E-state index contributed by atoms with van der Waals surface area (Å²) in [6, 6.07) is 0.370. The number of aromatic nitrogens is 1. The summed E-state index contributed by atoms with van der Waals surface area (Å²) in [5.74, 6) is 1.16. The molecule has 0 spiro atoms. The van der Waals surface area contributed by atoms with E-state index in [1.54, 1.807) is 11.3 Å². The second kappa shape index (κ2) is 8.20. The Morgan fingerprint density at radius 2 is 2.32 bits per heavy atom. The van der Waals surface area contributed by atoms with Crippen LogP contribution in [0.4, 0.5) is 4.79 Å². The molecule has 2 amide bonds. The van der Waals surface area contributed by atoms with E-state index in [0.717, 1.165) is 30.0 Å². The number of thiazole rings is 1. The van der Waals surface area contributed by atoms with Crippen molar-refractivity contribution in [2.75, 3.05) is 12.8 Å². The number of nitrogens with one attached hydrogen (secondary N) is 1. The summed E-state index contributed by atoms with van der Waals surface area (Å²) in [7, 11) is 1.92. The maximum atomic E-state index is 12.4. The van der Waals surface area contributed by atoms with E-state index >= 15 is 0 Å². The highest BCUT2D eigenvalue weighted by molar-refractivity contribution is 7.99. The number of nitrogens with zero attached hydrogens (tertiary/aromatic N) is 2. The van der Waals surface area contributed by atoms with E-state index in [2.05, 4.69) is 24.1 Å². The predicted molar refractivity (Wildman–Crippen MR) is 95.8 cm³/mol. The third-order valence-electron chi connectivity index (χ3n) is 4.26. The SMILES string of the molecule is CCS[C@@H]1CC[C@@H](N(C)C(=O)N[C@H](C)c2ncc(CC)s2)C1. The lowest BCUT2D eigenvalue weighted by molar-refractivity contribution is 0.188. The van der Waals surface area contributed by atoms with Crippen LogP contribution in [0.3, 0.4) is 0 Å². The van der Waals surface area contributed by atoms with E-state index in [4.69, 9.17) is 0 Å². The van der Waals surface area contributed by atoms with E-state index in [1.807, 2.05) is 36.8 Å². The summed E-state index contributed by atoms with van der Waals surface area (Å²) < 4.78 is 0. The third-order valence-corrected chi connectivity index (χ3v) is 6.81. The minimum atomic E-state index is -0.0255. The van der Waals surface area contributed by atoms with Gasteiger partial charge >= 0.3 is 6.03 Å². The van der Waals surface area contributed by atoms with Gasteiger partial charge in [-0.2, -0.15) is 11.8 Å². The van der Waals surface area contributed by atoms with Gasteiger partial charge in [-0.15, -0.1) is 11.3 Å². The first kappa shape index (κ1) is 17.6. The quantitative estimate of drug-likeness (QED) is 0.848. The predicted octanol–water partition coefficient (Wildman–Crippen LogP) is 4.08. The van der Waals surface area contributed by atoms with Gasteiger partial charge in [0, 0.05) is 29.4 Å². The summed E-state index contributed by atoms with van der Waals surface area (Å²) in [5.41, 5.74) is 0. The zero-order chi connectivity index (χ0) is 16.1. The highest BCUT2D eigenvalue weighted by atomic mass is 32.2. The zero-order valence-corrected chi connectivity index (χ0v) is 15.6. The molecule has 124 valence electrons. The molecule has 4 nitrogen and oxygen atoms in total. The molecule has 1 aliphatic rings. The normalized spacial score (nSPS) is 22.5. The van der Waals surface area contributed by atoms with Gasteiger partial charge in [-0.05, 0) is 38.4 Å². The van der Waals surface area contributed by atoms with Crippen LogP contribution < -0.4 is 5.32 Å². The van der Waals surface area contributed by atoms with Crippen LogP contribution in [-0.2, 0) is 6.42 Å². The Balaban J connectivity index is 1.86. The van der Waals surface area contributed by atoms with Crippen LogP contribution in [0.5, 0.6) is 0 Å². The van der Waals surface area contributed by atoms with Crippen molar-refractivity contribution in [3.05, 3.63) is 16.1 Å². The number of carbonyl (C=O) groups is 1. The standard InChI is InChI=1S/C16H27N3OS2/c1-5-13-10-17-15(22-13)11(3)18-16(20)19(4)12-7-8-14(9-12)21-6-2/h10-12,14H,5-9H2,1-4H3,(H,18,20)/t11-,12-,14-/m1/s1. The van der Waals surface area contributed by atoms with Crippen LogP contribution >= 0.6 is 23.1 Å². The molecule has 3 atom stereocenters. The van der Waals surface area contributed by atoms with Crippen molar-refractivity contribution in [2.45, 2.75) is 63.8 Å². The maximum Gasteiger partial charge on any atom is 0.317 e. The Morgan fingerprint density at radius 1 is 1.55 bits per heavy atom. The number of thioether (sulfide) groups is 1. The first-order chi connectivity index (χ1) is 10.5. The number of rotatable bonds is 6. The minimum Gasteiger partial charge on any atom is -0.329 e. The largest absolute Gasteiger partial charge is 0.329 e. The Labute approximate surface area is 142 Å². The molecule has 1 aromatic heterocycles. The molecule has 0 bridgehead atoms. The summed E-state index contributed by atoms with van der Waals surface area (Å²) in [6.45, 7) is 6.34. The topological polar surface area (TPSA) is 45.2 Å². The number of hydrogen-bond donors (Lipinski definition) is 1. The second-order valence-corrected chi connectivity index (χ2v) is 8.57. The fourth-order valence-corrected chi connectivity index (χ4v) is 4.85. The Hall–Kier alpha value is -0.750. The number of aryl methyl sites for hydroxylation is 1. The summed E-state index contributed by atoms with van der Waals surface area (Å²) in [6.07, 6.45) is 6.37. The van der Waals surface area contributed by atoms with Gasteiger partial charge in [-0.25, -0.2) is 9.78 Å². The smallest absolute Gasteiger partial charge is 0.317 e. The van der Waals surface area contributed by atoms with Crippen LogP contribution in [0.2, 0.25) is 0 Å². The molecule has 1 N–H and O–H groups in total. The molecule has 1 aromatic rings. The number of carbonyl (C=O) groups excluding carboxylic acids is 1. The van der Waals surface area contributed by atoms with Crippen molar-refractivity contribution >= 4 is 29.1 Å². The van der Waals surface area contributed by atoms with Gasteiger partial charge in [0.15, 0.2) is 0 Å². The average Bonchev–Trinajstić information content (AvgIpc) is 3.15. The molecule has 0 saturated heterocycles. The van der Waals surface area contributed by atoms with Crippen LogP contribution in [0.15, 0.2) is 6.20 Å². The van der Waals surface area contributed by atoms with E-state index in [9.17, 15) is 4.79 Å². The average molecular weight is 342 g/mol. The molecule has 1 heterocycles. The minimum absolute atomic E-state index is 0.0212. The van der Waals surface area contributed by atoms with Crippen molar-refractivity contribution in [1.29, 1.82) is 0 Å². The lowest BCUT2D eigenvalue weighted by Gasteiger charge is -2.26. The van der Waals surface area contributed by atoms with Gasteiger partial charge in [0.1, 0.15) is 5.01 Å². The van der Waals surface area contributed by atoms with Crippen LogP contribution in [-0.4, -0.2) is 40.0 Å². The summed E-state index contributed by atoms with van der Waals surface area (Å²) in [5, 5.41) is 4.79. The zero-order valence-electron chi connectivity index (χ0n) is 14.0. The van der Waals surface area contributed by atoms with Gasteiger partial charge in [0.25, 0.3) is 0 Å². The molecule has 2 rings (SSSR count). The van der Waals surface area contributed by atoms with Gasteiger partial charge in [-0.3, -0.25) is 0 Å². The fraction of sp³-hybridized carbons (Fsp3) is 0.750. The second-order valence-electron chi connectivity index (χ2n) is 5.84. The van der Waals surface area contributed by atoms with Crippen molar-refractivity contribution in [3.63, 3.8) is 0 Å². The number of hydrogen-bond acceptors (Lipinski definition) is 4. The van der Waals surface area contributed by atoms with E-state index in [1.165, 1.54) is 11.3 Å². The summed E-state index contributed by atoms with van der Waals surface area (Å²) >= 11 is 3.71. The molecule has 0 radical (unpaired) electrons. The molecule has 0 aliphatic heterocycles. The van der Waals surface area contributed by atoms with E-state index < -0.39 is 0 Å². The molecular formula is C16H27N3OS2. The van der Waals surface area contributed by atoms with Crippen molar-refractivity contribution in [1.82, 2.24) is 15.2 Å². The van der Waals surface area contributed by atoms with Crippen molar-refractivity contribution in [2.24, 2.45) is 0 Å². The van der Waals surface area contributed by atoms with Crippen LogP contribution in [0, 0.1) is 0 Å². The first-order valence-corrected chi connectivity index (χ1v) is 10.0. The fourth-order valence-electron chi connectivity index (χ4n) is 2.86. The molecule has 0 unspecified atom stereocenters. The van der Waals surface area contributed by atoms with Gasteiger partial charge in [0.2, 0.25) is 0 Å². The van der Waals surface area contributed by atoms with Gasteiger partial charge < -0.3 is 10.2 Å². The molecule has 6 heteroatoms. The Kier molecular flexibility index (Phi) is 6.56.